The Hall–Kier alpha value is -2.41. The third-order valence-electron chi connectivity index (χ3n) is 3.21. The number of aromatic nitrogens is 1. The summed E-state index contributed by atoms with van der Waals surface area (Å²) in [7, 11) is -2.46. The number of hydrogen-bond donors (Lipinski definition) is 1. The molecule has 2 aromatic rings. The first kappa shape index (κ1) is 16.0. The van der Waals surface area contributed by atoms with Crippen LogP contribution >= 0.6 is 0 Å². The lowest BCUT2D eigenvalue weighted by Gasteiger charge is -2.09. The van der Waals surface area contributed by atoms with Gasteiger partial charge in [-0.1, -0.05) is 6.07 Å². The molecule has 0 bridgehead atoms. The van der Waals surface area contributed by atoms with Gasteiger partial charge in [0.1, 0.15) is 5.82 Å². The minimum atomic E-state index is -3.72. The van der Waals surface area contributed by atoms with Crippen LogP contribution in [0.25, 0.3) is 0 Å². The second-order valence-corrected chi connectivity index (χ2v) is 6.46. The van der Waals surface area contributed by atoms with Gasteiger partial charge < -0.3 is 4.74 Å². The van der Waals surface area contributed by atoms with Gasteiger partial charge in [-0.15, -0.1) is 0 Å². The van der Waals surface area contributed by atoms with E-state index in [9.17, 15) is 13.2 Å². The van der Waals surface area contributed by atoms with Crippen molar-refractivity contribution in [2.45, 2.75) is 18.7 Å². The van der Waals surface area contributed by atoms with Gasteiger partial charge in [-0.05, 0) is 49.2 Å². The van der Waals surface area contributed by atoms with Crippen LogP contribution in [0.5, 0.6) is 0 Å². The predicted octanol–water partition coefficient (Wildman–Crippen LogP) is 2.29. The second-order valence-electron chi connectivity index (χ2n) is 4.78. The van der Waals surface area contributed by atoms with Crippen LogP contribution in [-0.4, -0.2) is 26.5 Å². The third kappa shape index (κ3) is 3.43. The van der Waals surface area contributed by atoms with Gasteiger partial charge in [0.05, 0.1) is 17.6 Å². The summed E-state index contributed by atoms with van der Waals surface area (Å²) < 4.78 is 31.5. The fourth-order valence-corrected chi connectivity index (χ4v) is 2.86. The highest BCUT2D eigenvalue weighted by Crippen LogP contribution is 2.18. The SMILES string of the molecule is COC(=O)c1ccc(NS(=O)(=O)c2ccc(C)c(C)c2)nc1. The molecule has 22 heavy (non-hydrogen) atoms. The first-order valence-corrected chi connectivity index (χ1v) is 7.96. The van der Waals surface area contributed by atoms with Gasteiger partial charge >= 0.3 is 5.97 Å². The zero-order chi connectivity index (χ0) is 16.3. The van der Waals surface area contributed by atoms with Crippen LogP contribution in [-0.2, 0) is 14.8 Å². The lowest BCUT2D eigenvalue weighted by atomic mass is 10.1. The van der Waals surface area contributed by atoms with Gasteiger partial charge in [-0.2, -0.15) is 0 Å². The van der Waals surface area contributed by atoms with Gasteiger partial charge in [0.2, 0.25) is 0 Å². The van der Waals surface area contributed by atoms with Crippen molar-refractivity contribution in [1.29, 1.82) is 0 Å². The predicted molar refractivity (Wildman–Crippen MR) is 82.3 cm³/mol. The van der Waals surface area contributed by atoms with E-state index in [-0.39, 0.29) is 16.3 Å². The van der Waals surface area contributed by atoms with E-state index in [1.54, 1.807) is 12.1 Å². The summed E-state index contributed by atoms with van der Waals surface area (Å²) >= 11 is 0. The molecule has 0 saturated carbocycles. The number of rotatable bonds is 4. The maximum Gasteiger partial charge on any atom is 0.339 e. The van der Waals surface area contributed by atoms with Crippen molar-refractivity contribution >= 4 is 21.8 Å². The molecule has 0 aliphatic heterocycles. The number of ether oxygens (including phenoxy) is 1. The van der Waals surface area contributed by atoms with E-state index in [0.29, 0.717) is 0 Å². The Morgan fingerprint density at radius 3 is 2.41 bits per heavy atom. The molecule has 0 aliphatic carbocycles. The molecule has 0 spiro atoms. The standard InChI is InChI=1S/C15H16N2O4S/c1-10-4-6-13(8-11(10)2)22(19,20)17-14-7-5-12(9-16-14)15(18)21-3/h4-9H,1-3H3,(H,16,17). The number of sulfonamides is 1. The number of pyridine rings is 1. The molecule has 0 fully saturated rings. The molecule has 0 amide bonds. The van der Waals surface area contributed by atoms with E-state index in [4.69, 9.17) is 0 Å². The monoisotopic (exact) mass is 320 g/mol. The molecule has 0 atom stereocenters. The molecule has 1 N–H and O–H groups in total. The number of carbonyl (C=O) groups excluding carboxylic acids is 1. The van der Waals surface area contributed by atoms with E-state index in [1.165, 1.54) is 31.5 Å². The Balaban J connectivity index is 2.25. The van der Waals surface area contributed by atoms with Gasteiger partial charge in [-0.25, -0.2) is 18.2 Å². The van der Waals surface area contributed by atoms with Gasteiger partial charge in [0.15, 0.2) is 0 Å². The Labute approximate surface area is 129 Å². The first-order chi connectivity index (χ1) is 10.3. The van der Waals surface area contributed by atoms with Crippen molar-refractivity contribution in [2.24, 2.45) is 0 Å². The molecule has 1 aromatic heterocycles. The zero-order valence-corrected chi connectivity index (χ0v) is 13.3. The number of aryl methyl sites for hydroxylation is 2. The fourth-order valence-electron chi connectivity index (χ4n) is 1.77. The largest absolute Gasteiger partial charge is 0.465 e. The number of nitrogens with one attached hydrogen (secondary N) is 1. The van der Waals surface area contributed by atoms with E-state index in [2.05, 4.69) is 14.4 Å². The summed E-state index contributed by atoms with van der Waals surface area (Å²) in [6.45, 7) is 3.75. The molecule has 0 unspecified atom stereocenters. The molecule has 7 heteroatoms. The Morgan fingerprint density at radius 1 is 1.14 bits per heavy atom. The Kier molecular flexibility index (Phi) is 4.46. The zero-order valence-electron chi connectivity index (χ0n) is 12.5. The van der Waals surface area contributed by atoms with Crippen molar-refractivity contribution in [3.8, 4) is 0 Å². The summed E-state index contributed by atoms with van der Waals surface area (Å²) in [4.78, 5) is 15.4. The third-order valence-corrected chi connectivity index (χ3v) is 4.56. The van der Waals surface area contributed by atoms with E-state index in [1.807, 2.05) is 13.8 Å². The highest BCUT2D eigenvalue weighted by Gasteiger charge is 2.16. The van der Waals surface area contributed by atoms with Crippen molar-refractivity contribution in [1.82, 2.24) is 4.98 Å². The number of benzene rings is 1. The minimum Gasteiger partial charge on any atom is -0.465 e. The summed E-state index contributed by atoms with van der Waals surface area (Å²) in [5, 5.41) is 0. The summed E-state index contributed by atoms with van der Waals surface area (Å²) in [6, 6.07) is 7.73. The smallest absolute Gasteiger partial charge is 0.339 e. The molecular formula is C15H16N2O4S. The van der Waals surface area contributed by atoms with Crippen LogP contribution < -0.4 is 4.72 Å². The van der Waals surface area contributed by atoms with Crippen molar-refractivity contribution in [2.75, 3.05) is 11.8 Å². The van der Waals surface area contributed by atoms with E-state index < -0.39 is 16.0 Å². The lowest BCUT2D eigenvalue weighted by molar-refractivity contribution is 0.0600. The van der Waals surface area contributed by atoms with Crippen molar-refractivity contribution in [3.05, 3.63) is 53.2 Å². The average Bonchev–Trinajstić information content (AvgIpc) is 2.49. The molecular weight excluding hydrogens is 304 g/mol. The highest BCUT2D eigenvalue weighted by molar-refractivity contribution is 7.92. The average molecular weight is 320 g/mol. The van der Waals surface area contributed by atoms with Crippen molar-refractivity contribution < 1.29 is 17.9 Å². The van der Waals surface area contributed by atoms with Crippen LogP contribution in [0.4, 0.5) is 5.82 Å². The molecule has 1 heterocycles. The number of anilines is 1. The highest BCUT2D eigenvalue weighted by atomic mass is 32.2. The molecule has 0 aliphatic rings. The first-order valence-electron chi connectivity index (χ1n) is 6.48. The summed E-state index contributed by atoms with van der Waals surface area (Å²) in [5.74, 6) is -0.401. The normalized spacial score (nSPS) is 11.0. The molecule has 0 radical (unpaired) electrons. The van der Waals surface area contributed by atoms with Gasteiger partial charge in [0, 0.05) is 6.20 Å². The van der Waals surface area contributed by atoms with Crippen LogP contribution in [0.2, 0.25) is 0 Å². The summed E-state index contributed by atoms with van der Waals surface area (Å²) in [6.07, 6.45) is 1.25. The van der Waals surface area contributed by atoms with Crippen molar-refractivity contribution in [3.63, 3.8) is 0 Å². The number of carbonyl (C=O) groups is 1. The molecule has 2 rings (SSSR count). The van der Waals surface area contributed by atoms with Crippen LogP contribution in [0.1, 0.15) is 21.5 Å². The van der Waals surface area contributed by atoms with Crippen LogP contribution in [0.3, 0.4) is 0 Å². The second kappa shape index (κ2) is 6.15. The van der Waals surface area contributed by atoms with E-state index >= 15 is 0 Å². The fraction of sp³-hybridized carbons (Fsp3) is 0.200. The number of hydrogen-bond acceptors (Lipinski definition) is 5. The number of esters is 1. The lowest BCUT2D eigenvalue weighted by Crippen LogP contribution is -2.14. The van der Waals surface area contributed by atoms with Gasteiger partial charge in [0.25, 0.3) is 10.0 Å². The maximum absolute atomic E-state index is 12.3. The van der Waals surface area contributed by atoms with Crippen LogP contribution in [0.15, 0.2) is 41.4 Å². The molecule has 0 saturated heterocycles. The topological polar surface area (TPSA) is 85.4 Å². The minimum absolute atomic E-state index is 0.130. The molecule has 116 valence electrons. The van der Waals surface area contributed by atoms with Crippen LogP contribution in [0, 0.1) is 13.8 Å². The molecule has 6 nitrogen and oxygen atoms in total. The van der Waals surface area contributed by atoms with E-state index in [0.717, 1.165) is 11.1 Å². The van der Waals surface area contributed by atoms with Gasteiger partial charge in [-0.3, -0.25) is 4.72 Å². The Morgan fingerprint density at radius 2 is 1.86 bits per heavy atom. The number of methoxy groups -OCH3 is 1. The summed E-state index contributed by atoms with van der Waals surface area (Å²) in [5.41, 5.74) is 2.15. The quantitative estimate of drug-likeness (QED) is 0.874. The Bertz CT molecular complexity index is 799. The number of nitrogens with zero attached hydrogens (tertiary/aromatic N) is 1. The maximum atomic E-state index is 12.3. The molecule has 1 aromatic carbocycles.